The molecule has 19 heavy (non-hydrogen) atoms. The Bertz CT molecular complexity index is 532. The lowest BCUT2D eigenvalue weighted by molar-refractivity contribution is 0.239. The van der Waals surface area contributed by atoms with E-state index < -0.39 is 0 Å². The summed E-state index contributed by atoms with van der Waals surface area (Å²) in [7, 11) is 0. The summed E-state index contributed by atoms with van der Waals surface area (Å²) < 4.78 is 6.00. The largest absolute Gasteiger partial charge is 0.493 e. The van der Waals surface area contributed by atoms with Crippen molar-refractivity contribution < 1.29 is 4.74 Å². The van der Waals surface area contributed by atoms with Crippen LogP contribution in [0.15, 0.2) is 36.4 Å². The van der Waals surface area contributed by atoms with E-state index in [4.69, 9.17) is 10.5 Å². The van der Waals surface area contributed by atoms with Crippen LogP contribution < -0.4 is 10.5 Å². The molecule has 2 aromatic rings. The third-order valence-electron chi connectivity index (χ3n) is 3.83. The van der Waals surface area contributed by atoms with Crippen LogP contribution in [0, 0.1) is 5.92 Å². The summed E-state index contributed by atoms with van der Waals surface area (Å²) in [5.41, 5.74) is 7.02. The van der Waals surface area contributed by atoms with Crippen LogP contribution in [0.4, 0.5) is 0 Å². The third-order valence-corrected chi connectivity index (χ3v) is 3.83. The Labute approximate surface area is 115 Å². The van der Waals surface area contributed by atoms with Crippen LogP contribution in [0.5, 0.6) is 5.75 Å². The number of ether oxygens (including phenoxy) is 1. The van der Waals surface area contributed by atoms with Crippen molar-refractivity contribution in [3.8, 4) is 5.75 Å². The molecule has 0 aliphatic heterocycles. The Hall–Kier alpha value is -1.54. The van der Waals surface area contributed by atoms with Crippen molar-refractivity contribution in [3.05, 3.63) is 42.0 Å². The van der Waals surface area contributed by atoms with Gasteiger partial charge < -0.3 is 10.5 Å². The molecule has 0 aliphatic rings. The average Bonchev–Trinajstić information content (AvgIpc) is 2.47. The van der Waals surface area contributed by atoms with Gasteiger partial charge in [0.15, 0.2) is 0 Å². The molecule has 0 aliphatic carbocycles. The molecule has 2 rings (SSSR count). The number of fused-ring (bicyclic) bond motifs is 1. The molecular weight excluding hydrogens is 234 g/mol. The van der Waals surface area contributed by atoms with E-state index in [0.29, 0.717) is 12.5 Å². The summed E-state index contributed by atoms with van der Waals surface area (Å²) in [6.45, 7) is 5.71. The monoisotopic (exact) mass is 257 g/mol. The number of hydrogen-bond acceptors (Lipinski definition) is 2. The van der Waals surface area contributed by atoms with Gasteiger partial charge in [0.2, 0.25) is 0 Å². The number of rotatable bonds is 6. The van der Waals surface area contributed by atoms with Gasteiger partial charge in [0, 0.05) is 12.1 Å². The molecular formula is C17H23NO. The first kappa shape index (κ1) is 13.9. The molecule has 0 spiro atoms. The van der Waals surface area contributed by atoms with E-state index in [9.17, 15) is 0 Å². The van der Waals surface area contributed by atoms with E-state index in [2.05, 4.69) is 32.0 Å². The SMILES string of the molecule is CCC(CC)COc1ccc2ccccc2c1CN. The number of hydrogen-bond donors (Lipinski definition) is 1. The van der Waals surface area contributed by atoms with Crippen LogP contribution >= 0.6 is 0 Å². The van der Waals surface area contributed by atoms with E-state index in [1.807, 2.05) is 18.2 Å². The Morgan fingerprint density at radius 1 is 1.05 bits per heavy atom. The zero-order chi connectivity index (χ0) is 13.7. The summed E-state index contributed by atoms with van der Waals surface area (Å²) in [4.78, 5) is 0. The summed E-state index contributed by atoms with van der Waals surface area (Å²) >= 11 is 0. The van der Waals surface area contributed by atoms with Crippen molar-refractivity contribution >= 4 is 10.8 Å². The summed E-state index contributed by atoms with van der Waals surface area (Å²) in [6.07, 6.45) is 2.31. The van der Waals surface area contributed by atoms with Gasteiger partial charge in [-0.05, 0) is 22.8 Å². The zero-order valence-corrected chi connectivity index (χ0v) is 11.9. The van der Waals surface area contributed by atoms with Crippen LogP contribution in [-0.2, 0) is 6.54 Å². The molecule has 2 aromatic carbocycles. The molecule has 0 amide bonds. The van der Waals surface area contributed by atoms with Crippen molar-refractivity contribution in [2.24, 2.45) is 11.7 Å². The third kappa shape index (κ3) is 3.07. The van der Waals surface area contributed by atoms with Gasteiger partial charge in [0.1, 0.15) is 5.75 Å². The molecule has 0 unspecified atom stereocenters. The molecule has 0 radical (unpaired) electrons. The van der Waals surface area contributed by atoms with Gasteiger partial charge in [0.05, 0.1) is 6.61 Å². The molecule has 102 valence electrons. The maximum atomic E-state index is 6.00. The van der Waals surface area contributed by atoms with Gasteiger partial charge >= 0.3 is 0 Å². The zero-order valence-electron chi connectivity index (χ0n) is 11.9. The minimum absolute atomic E-state index is 0.513. The second kappa shape index (κ2) is 6.58. The first-order valence-corrected chi connectivity index (χ1v) is 7.13. The lowest BCUT2D eigenvalue weighted by atomic mass is 10.0. The first-order valence-electron chi connectivity index (χ1n) is 7.13. The first-order chi connectivity index (χ1) is 9.30. The van der Waals surface area contributed by atoms with Gasteiger partial charge in [-0.15, -0.1) is 0 Å². The molecule has 0 heterocycles. The van der Waals surface area contributed by atoms with Gasteiger partial charge in [0.25, 0.3) is 0 Å². The van der Waals surface area contributed by atoms with E-state index in [1.165, 1.54) is 10.8 Å². The van der Waals surface area contributed by atoms with Gasteiger partial charge in [-0.25, -0.2) is 0 Å². The fraction of sp³-hybridized carbons (Fsp3) is 0.412. The van der Waals surface area contributed by atoms with Gasteiger partial charge in [-0.1, -0.05) is 57.0 Å². The van der Waals surface area contributed by atoms with Gasteiger partial charge in [-0.2, -0.15) is 0 Å². The molecule has 2 heteroatoms. The summed E-state index contributed by atoms with van der Waals surface area (Å²) in [6, 6.07) is 12.5. The molecule has 0 saturated heterocycles. The standard InChI is InChI=1S/C17H23NO/c1-3-13(4-2)12-19-17-10-9-14-7-5-6-8-15(14)16(17)11-18/h5-10,13H,3-4,11-12,18H2,1-2H3. The highest BCUT2D eigenvalue weighted by Gasteiger charge is 2.09. The molecule has 0 saturated carbocycles. The van der Waals surface area contributed by atoms with E-state index in [0.717, 1.165) is 30.8 Å². The van der Waals surface area contributed by atoms with E-state index in [1.54, 1.807) is 0 Å². The number of nitrogens with two attached hydrogens (primary N) is 1. The van der Waals surface area contributed by atoms with Crippen LogP contribution in [0.2, 0.25) is 0 Å². The van der Waals surface area contributed by atoms with Crippen LogP contribution in [0.3, 0.4) is 0 Å². The highest BCUT2D eigenvalue weighted by atomic mass is 16.5. The predicted octanol–water partition coefficient (Wildman–Crippen LogP) is 4.11. The smallest absolute Gasteiger partial charge is 0.124 e. The fourth-order valence-electron chi connectivity index (χ4n) is 2.39. The normalized spacial score (nSPS) is 11.2. The van der Waals surface area contributed by atoms with Crippen LogP contribution in [0.1, 0.15) is 32.3 Å². The van der Waals surface area contributed by atoms with Crippen molar-refractivity contribution in [3.63, 3.8) is 0 Å². The highest BCUT2D eigenvalue weighted by Crippen LogP contribution is 2.28. The van der Waals surface area contributed by atoms with Crippen molar-refractivity contribution in [1.29, 1.82) is 0 Å². The second-order valence-corrected chi connectivity index (χ2v) is 4.96. The molecule has 0 aromatic heterocycles. The molecule has 0 fully saturated rings. The molecule has 2 N–H and O–H groups in total. The minimum Gasteiger partial charge on any atom is -0.493 e. The Morgan fingerprint density at radius 3 is 2.47 bits per heavy atom. The van der Waals surface area contributed by atoms with E-state index in [-0.39, 0.29) is 0 Å². The topological polar surface area (TPSA) is 35.2 Å². The Morgan fingerprint density at radius 2 is 1.79 bits per heavy atom. The van der Waals surface area contributed by atoms with Crippen LogP contribution in [0.25, 0.3) is 10.8 Å². The van der Waals surface area contributed by atoms with Crippen molar-refractivity contribution in [2.75, 3.05) is 6.61 Å². The Kier molecular flexibility index (Phi) is 4.80. The van der Waals surface area contributed by atoms with E-state index >= 15 is 0 Å². The lowest BCUT2D eigenvalue weighted by Crippen LogP contribution is -2.12. The second-order valence-electron chi connectivity index (χ2n) is 4.96. The van der Waals surface area contributed by atoms with Crippen LogP contribution in [-0.4, -0.2) is 6.61 Å². The maximum Gasteiger partial charge on any atom is 0.124 e. The molecule has 0 atom stereocenters. The fourth-order valence-corrected chi connectivity index (χ4v) is 2.39. The average molecular weight is 257 g/mol. The molecule has 2 nitrogen and oxygen atoms in total. The van der Waals surface area contributed by atoms with Gasteiger partial charge in [-0.3, -0.25) is 0 Å². The minimum atomic E-state index is 0.513. The predicted molar refractivity (Wildman–Crippen MR) is 81.4 cm³/mol. The molecule has 0 bridgehead atoms. The van der Waals surface area contributed by atoms with Crippen molar-refractivity contribution in [1.82, 2.24) is 0 Å². The summed E-state index contributed by atoms with van der Waals surface area (Å²) in [5, 5.41) is 2.42. The maximum absolute atomic E-state index is 6.00. The highest BCUT2D eigenvalue weighted by molar-refractivity contribution is 5.87. The summed E-state index contributed by atoms with van der Waals surface area (Å²) in [5.74, 6) is 1.56. The quantitative estimate of drug-likeness (QED) is 0.845. The number of benzene rings is 2. The Balaban J connectivity index is 2.27. The lowest BCUT2D eigenvalue weighted by Gasteiger charge is -2.17. The van der Waals surface area contributed by atoms with Crippen molar-refractivity contribution in [2.45, 2.75) is 33.2 Å².